The fraction of sp³-hybridized carbons (Fsp3) is 0.455. The molecule has 0 aromatic heterocycles. The van der Waals surface area contributed by atoms with E-state index < -0.39 is 79.4 Å². The molecule has 12 nitrogen and oxygen atoms in total. The lowest BCUT2D eigenvalue weighted by atomic mass is 9.88. The third-order valence-corrected chi connectivity index (χ3v) is 10.3. The van der Waals surface area contributed by atoms with Crippen molar-refractivity contribution in [1.82, 2.24) is 0 Å². The zero-order chi connectivity index (χ0) is 39.1. The van der Waals surface area contributed by atoms with Gasteiger partial charge in [-0.1, -0.05) is 121 Å². The lowest BCUT2D eigenvalue weighted by Crippen LogP contribution is -2.66. The van der Waals surface area contributed by atoms with Crippen LogP contribution in [-0.2, 0) is 69.1 Å². The summed E-state index contributed by atoms with van der Waals surface area (Å²) in [5.41, 5.74) is 3.59. The van der Waals surface area contributed by atoms with Crippen molar-refractivity contribution in [3.05, 3.63) is 144 Å². The summed E-state index contributed by atoms with van der Waals surface area (Å²) in [5.74, 6) is -0.958. The highest BCUT2D eigenvalue weighted by Crippen LogP contribution is 2.41. The first-order chi connectivity index (χ1) is 27.2. The Morgan fingerprint density at radius 3 is 1.36 bits per heavy atom. The third kappa shape index (κ3) is 9.74. The summed E-state index contributed by atoms with van der Waals surface area (Å²) < 4.78 is 56.7. The van der Waals surface area contributed by atoms with Crippen LogP contribution in [0.25, 0.3) is 0 Å². The average molecular weight is 773 g/mol. The Morgan fingerprint density at radius 1 is 0.518 bits per heavy atom. The van der Waals surface area contributed by atoms with Gasteiger partial charge in [-0.05, 0) is 36.1 Å². The van der Waals surface area contributed by atoms with E-state index in [0.29, 0.717) is 0 Å². The molecule has 0 unspecified atom stereocenters. The van der Waals surface area contributed by atoms with Gasteiger partial charge in [-0.2, -0.15) is 0 Å². The maximum Gasteiger partial charge on any atom is 0.190 e. The van der Waals surface area contributed by atoms with E-state index in [-0.39, 0.29) is 26.4 Å². The molecule has 0 saturated carbocycles. The highest BCUT2D eigenvalue weighted by Gasteiger charge is 2.59. The quantitative estimate of drug-likeness (QED) is 0.137. The van der Waals surface area contributed by atoms with E-state index in [1.165, 1.54) is 7.11 Å². The summed E-state index contributed by atoms with van der Waals surface area (Å²) in [6, 6.07) is 38.4. The minimum Gasteiger partial charge on any atom is -0.387 e. The lowest BCUT2D eigenvalue weighted by Gasteiger charge is -2.47. The zero-order valence-electron chi connectivity index (χ0n) is 31.8. The minimum atomic E-state index is -1.82. The highest BCUT2D eigenvalue weighted by atomic mass is 16.8. The first-order valence-corrected chi connectivity index (χ1v) is 19.1. The number of aliphatic hydroxyl groups excluding tert-OH is 3. The first kappa shape index (κ1) is 40.6. The van der Waals surface area contributed by atoms with Gasteiger partial charge in [0.1, 0.15) is 61.0 Å². The number of aliphatic hydroxyl groups is 3. The Morgan fingerprint density at radius 2 is 0.911 bits per heavy atom. The molecular weight excluding hydrogens is 720 g/mol. The number of hydrogen-bond acceptors (Lipinski definition) is 12. The molecule has 3 saturated heterocycles. The zero-order valence-corrected chi connectivity index (χ0v) is 31.8. The normalized spacial score (nSPS) is 30.1. The van der Waals surface area contributed by atoms with E-state index in [2.05, 4.69) is 0 Å². The second-order valence-corrected chi connectivity index (χ2v) is 14.8. The smallest absolute Gasteiger partial charge is 0.190 e. The van der Waals surface area contributed by atoms with Gasteiger partial charge in [0.25, 0.3) is 0 Å². The van der Waals surface area contributed by atoms with Crippen LogP contribution < -0.4 is 0 Å². The van der Waals surface area contributed by atoms with E-state index in [0.717, 1.165) is 22.3 Å². The first-order valence-electron chi connectivity index (χ1n) is 19.1. The van der Waals surface area contributed by atoms with Crippen molar-refractivity contribution < 1.29 is 58.0 Å². The molecule has 0 spiro atoms. The van der Waals surface area contributed by atoms with Gasteiger partial charge in [-0.15, -0.1) is 0 Å². The summed E-state index contributed by atoms with van der Waals surface area (Å²) in [4.78, 5) is 0. The van der Waals surface area contributed by atoms with E-state index >= 15 is 0 Å². The molecule has 12 heteroatoms. The molecule has 300 valence electrons. The molecule has 3 aliphatic heterocycles. The van der Waals surface area contributed by atoms with E-state index in [1.807, 2.05) is 121 Å². The Labute approximate surface area is 327 Å². The molecule has 3 N–H and O–H groups in total. The number of benzene rings is 4. The fourth-order valence-electron chi connectivity index (χ4n) is 7.48. The molecule has 7 rings (SSSR count). The highest BCUT2D eigenvalue weighted by molar-refractivity contribution is 5.17. The maximum absolute atomic E-state index is 12.1. The van der Waals surface area contributed by atoms with E-state index in [9.17, 15) is 15.3 Å². The second-order valence-electron chi connectivity index (χ2n) is 14.8. The number of rotatable bonds is 17. The summed E-state index contributed by atoms with van der Waals surface area (Å²) in [7, 11) is 1.47. The predicted molar refractivity (Wildman–Crippen MR) is 202 cm³/mol. The largest absolute Gasteiger partial charge is 0.387 e. The SMILES string of the molecule is CO[C@H]1O[C@H]([C@@H](O)[C@@H](O)[C@H](O)[C@H]2O[C@@H]3OC(C)(C)O[C@@H]3[C@H]2OCc2ccccc2)[C@@H](OCc2ccccc2)[C@H](OCc2ccccc2)[C@H]1OCc1ccccc1. The molecule has 12 atom stereocenters. The second kappa shape index (κ2) is 18.8. The Hall–Kier alpha value is -3.60. The van der Waals surface area contributed by atoms with Gasteiger partial charge in [0.2, 0.25) is 0 Å². The van der Waals surface area contributed by atoms with Gasteiger partial charge in [0.05, 0.1) is 26.4 Å². The number of ether oxygens (including phenoxy) is 9. The van der Waals surface area contributed by atoms with Crippen LogP contribution in [0.5, 0.6) is 0 Å². The van der Waals surface area contributed by atoms with Gasteiger partial charge in [-0.25, -0.2) is 0 Å². The fourth-order valence-corrected chi connectivity index (χ4v) is 7.48. The predicted octanol–water partition coefficient (Wildman–Crippen LogP) is 4.66. The van der Waals surface area contributed by atoms with Crippen LogP contribution >= 0.6 is 0 Å². The summed E-state index contributed by atoms with van der Waals surface area (Å²) in [5, 5.41) is 35.8. The number of hydrogen-bond donors (Lipinski definition) is 3. The average Bonchev–Trinajstić information content (AvgIpc) is 3.72. The third-order valence-electron chi connectivity index (χ3n) is 10.3. The molecule has 3 fully saturated rings. The van der Waals surface area contributed by atoms with Crippen LogP contribution in [0.4, 0.5) is 0 Å². The van der Waals surface area contributed by atoms with Crippen LogP contribution in [0.1, 0.15) is 36.1 Å². The Bertz CT molecular complexity index is 1750. The van der Waals surface area contributed by atoms with Crippen molar-refractivity contribution in [2.24, 2.45) is 0 Å². The van der Waals surface area contributed by atoms with Crippen molar-refractivity contribution in [3.63, 3.8) is 0 Å². The van der Waals surface area contributed by atoms with Crippen LogP contribution in [0.3, 0.4) is 0 Å². The van der Waals surface area contributed by atoms with Gasteiger partial charge in [-0.3, -0.25) is 0 Å². The molecule has 3 heterocycles. The summed E-state index contributed by atoms with van der Waals surface area (Å²) in [6.07, 6.45) is -13.9. The summed E-state index contributed by atoms with van der Waals surface area (Å²) >= 11 is 0. The monoisotopic (exact) mass is 772 g/mol. The minimum absolute atomic E-state index is 0.125. The standard InChI is InChI=1S/C44H52O12/c1-44(2)55-41-38(50-25-29-18-10-5-11-19-29)36(54-43(41)56-44)34(47)32(45)33(46)35-37(49-24-28-16-8-4-9-17-28)39(51-26-30-20-12-6-13-21-30)40(42(48-3)53-35)52-27-31-22-14-7-15-23-31/h4-23,32-43,45-47H,24-27H2,1-3H3/t32-,33+,34+,35-,36-,37-,38+,39+,40-,41-,42+,43-/m1/s1. The molecule has 56 heavy (non-hydrogen) atoms. The lowest BCUT2D eigenvalue weighted by molar-refractivity contribution is -0.336. The van der Waals surface area contributed by atoms with Crippen molar-refractivity contribution >= 4 is 0 Å². The van der Waals surface area contributed by atoms with Crippen LogP contribution in [0.15, 0.2) is 121 Å². The van der Waals surface area contributed by atoms with E-state index in [4.69, 9.17) is 42.6 Å². The van der Waals surface area contributed by atoms with Crippen LogP contribution in [0.2, 0.25) is 0 Å². The number of fused-ring (bicyclic) bond motifs is 1. The van der Waals surface area contributed by atoms with Crippen molar-refractivity contribution in [3.8, 4) is 0 Å². The molecule has 0 radical (unpaired) electrons. The summed E-state index contributed by atoms with van der Waals surface area (Å²) in [6.45, 7) is 4.24. The van der Waals surface area contributed by atoms with Crippen molar-refractivity contribution in [1.29, 1.82) is 0 Å². The molecule has 0 aliphatic carbocycles. The van der Waals surface area contributed by atoms with E-state index in [1.54, 1.807) is 13.8 Å². The number of methoxy groups -OCH3 is 1. The topological polar surface area (TPSA) is 144 Å². The van der Waals surface area contributed by atoms with Crippen LogP contribution in [-0.4, -0.2) is 102 Å². The molecule has 0 amide bonds. The molecule has 3 aliphatic rings. The van der Waals surface area contributed by atoms with Gasteiger partial charge in [0.15, 0.2) is 18.4 Å². The Balaban J connectivity index is 1.16. The Kier molecular flexibility index (Phi) is 13.6. The van der Waals surface area contributed by atoms with Crippen molar-refractivity contribution in [2.75, 3.05) is 7.11 Å². The van der Waals surface area contributed by atoms with Gasteiger partial charge in [0, 0.05) is 7.11 Å². The maximum atomic E-state index is 12.1. The molecule has 4 aromatic rings. The van der Waals surface area contributed by atoms with Gasteiger partial charge >= 0.3 is 0 Å². The molecule has 4 aromatic carbocycles. The molecule has 0 bridgehead atoms. The molecular formula is C44H52O12. The van der Waals surface area contributed by atoms with Gasteiger partial charge < -0.3 is 58.0 Å². The van der Waals surface area contributed by atoms with Crippen LogP contribution in [0, 0.1) is 0 Å². The van der Waals surface area contributed by atoms with Crippen molar-refractivity contribution in [2.45, 2.75) is 120 Å².